The number of aliphatic hydroxyl groups is 8. The number of benzene rings is 1. The molecular weight excluding hydrogens is 864 g/mol. The third-order valence-corrected chi connectivity index (χ3v) is 16.2. The Morgan fingerprint density at radius 3 is 1.97 bits per heavy atom. The van der Waals surface area contributed by atoms with E-state index in [9.17, 15) is 67.0 Å². The van der Waals surface area contributed by atoms with Crippen LogP contribution in [0.4, 0.5) is 22.0 Å². The first-order chi connectivity index (χ1) is 29.8. The van der Waals surface area contributed by atoms with E-state index in [1.165, 1.54) is 5.56 Å². The Kier molecular flexibility index (Phi) is 17.4. The van der Waals surface area contributed by atoms with E-state index < -0.39 is 110 Å². The topological polar surface area (TPSA) is 216 Å². The molecule has 1 aromatic carbocycles. The van der Waals surface area contributed by atoms with Gasteiger partial charge in [0.2, 0.25) is 6.29 Å². The van der Waals surface area contributed by atoms with E-state index in [4.69, 9.17) is 18.9 Å². The van der Waals surface area contributed by atoms with E-state index in [2.05, 4.69) is 6.92 Å². The van der Waals surface area contributed by atoms with Crippen LogP contribution in [0.1, 0.15) is 114 Å². The van der Waals surface area contributed by atoms with Crippen molar-refractivity contribution in [2.45, 2.75) is 189 Å². The van der Waals surface area contributed by atoms with Crippen molar-refractivity contribution < 1.29 is 86.0 Å². The second kappa shape index (κ2) is 21.6. The second-order valence-corrected chi connectivity index (χ2v) is 20.5. The van der Waals surface area contributed by atoms with Crippen molar-refractivity contribution in [2.75, 3.05) is 24.7 Å². The fourth-order valence-electron chi connectivity index (χ4n) is 11.2. The minimum absolute atomic E-state index is 0.183. The molecule has 3 aliphatic carbocycles. The molecule has 0 radical (unpaired) electrons. The van der Waals surface area contributed by atoms with Crippen molar-refractivity contribution in [3.8, 4) is 5.75 Å². The van der Waals surface area contributed by atoms with Crippen LogP contribution < -0.4 is 4.74 Å². The molecule has 1 unspecified atom stereocenters. The Morgan fingerprint density at radius 2 is 1.33 bits per heavy atom. The summed E-state index contributed by atoms with van der Waals surface area (Å²) < 4.78 is 99.6. The van der Waals surface area contributed by atoms with E-state index in [0.29, 0.717) is 18.6 Å². The highest BCUT2D eigenvalue weighted by atomic mass is 32.2. The molecule has 19 heteroatoms. The van der Waals surface area contributed by atoms with Crippen LogP contribution in [0.5, 0.6) is 5.75 Å². The number of fused-ring (bicyclic) bond motifs is 5. The van der Waals surface area contributed by atoms with Gasteiger partial charge in [0.25, 0.3) is 0 Å². The van der Waals surface area contributed by atoms with Gasteiger partial charge in [-0.1, -0.05) is 51.5 Å². The summed E-state index contributed by atoms with van der Waals surface area (Å²) in [6.07, 6.45) is -10.6. The molecule has 13 nitrogen and oxygen atoms in total. The molecule has 2 saturated carbocycles. The van der Waals surface area contributed by atoms with Crippen LogP contribution in [-0.2, 0) is 31.4 Å². The Balaban J connectivity index is 1.07. The number of ether oxygens (including phenoxy) is 4. The van der Waals surface area contributed by atoms with Crippen molar-refractivity contribution in [3.05, 3.63) is 29.3 Å². The van der Waals surface area contributed by atoms with Gasteiger partial charge in [-0.15, -0.1) is 0 Å². The second-order valence-electron chi connectivity index (χ2n) is 18.8. The maximum atomic E-state index is 13.1. The fourth-order valence-corrected chi connectivity index (χ4v) is 12.4. The maximum absolute atomic E-state index is 13.1. The predicted octanol–water partition coefficient (Wildman–Crippen LogP) is 3.98. The zero-order valence-electron chi connectivity index (χ0n) is 35.7. The van der Waals surface area contributed by atoms with Gasteiger partial charge in [0.05, 0.1) is 19.3 Å². The van der Waals surface area contributed by atoms with Gasteiger partial charge in [-0.3, -0.25) is 4.21 Å². The van der Waals surface area contributed by atoms with Crippen LogP contribution in [0, 0.1) is 23.2 Å². The third kappa shape index (κ3) is 11.4. The van der Waals surface area contributed by atoms with E-state index in [1.54, 1.807) is 0 Å². The van der Waals surface area contributed by atoms with Crippen LogP contribution in [0.3, 0.4) is 0 Å². The summed E-state index contributed by atoms with van der Waals surface area (Å²) in [6.45, 7) is 1.09. The van der Waals surface area contributed by atoms with Crippen molar-refractivity contribution in [1.82, 2.24) is 0 Å². The number of unbranched alkanes of at least 4 members (excludes halogenated alkanes) is 6. The van der Waals surface area contributed by atoms with Gasteiger partial charge in [0.15, 0.2) is 6.29 Å². The fraction of sp³-hybridized carbons (Fsp3) is 0.864. The molecule has 2 saturated heterocycles. The number of aliphatic hydroxyl groups excluding tert-OH is 8. The Bertz CT molecular complexity index is 1640. The van der Waals surface area contributed by atoms with Gasteiger partial charge in [-0.05, 0) is 104 Å². The summed E-state index contributed by atoms with van der Waals surface area (Å²) in [5, 5.41) is 82.3. The molecule has 17 atom stereocenters. The van der Waals surface area contributed by atoms with E-state index in [-0.39, 0.29) is 46.7 Å². The van der Waals surface area contributed by atoms with Crippen molar-refractivity contribution in [3.63, 3.8) is 0 Å². The molecule has 8 N–H and O–H groups in total. The third-order valence-electron chi connectivity index (χ3n) is 14.8. The molecule has 2 aliphatic heterocycles. The molecular formula is C44H67F5O13S. The van der Waals surface area contributed by atoms with Gasteiger partial charge in [0, 0.05) is 28.7 Å². The standard InChI is InChI=1S/C44H67F5O13S/c1-42-17-15-28-27-12-11-26(59-40-38(56)36(54)34(52)30(22-50)60-40)21-25(27)20-24(10-7-5-3-2-4-6-8-18-63(58)19-9-16-43(45,46)44(47,48)49)33(28)29(42)13-14-32(42)62-41-39(57)37(55)35(53)31(23-51)61-41/h11-12,21,24,28-41,50-57H,2-10,13-20,22-23H2,1H3/t24-,28-,29+,30-,31-,32+,33-,34-,35-,36+,37+,38-,39-,40-,41+,42+,63?/m1/s1. The van der Waals surface area contributed by atoms with E-state index in [1.807, 2.05) is 18.2 Å². The molecule has 0 amide bonds. The van der Waals surface area contributed by atoms with Gasteiger partial charge in [-0.2, -0.15) is 22.0 Å². The molecule has 6 rings (SSSR count). The summed E-state index contributed by atoms with van der Waals surface area (Å²) in [4.78, 5) is 0. The monoisotopic (exact) mass is 930 g/mol. The molecule has 362 valence electrons. The van der Waals surface area contributed by atoms with E-state index >= 15 is 0 Å². The highest BCUT2D eigenvalue weighted by Crippen LogP contribution is 2.63. The van der Waals surface area contributed by atoms with Crippen LogP contribution in [-0.4, -0.2) is 149 Å². The van der Waals surface area contributed by atoms with Gasteiger partial charge < -0.3 is 59.8 Å². The number of halogens is 5. The lowest BCUT2D eigenvalue weighted by Crippen LogP contribution is -2.60. The summed E-state index contributed by atoms with van der Waals surface area (Å²) in [5.41, 5.74) is 2.02. The van der Waals surface area contributed by atoms with Gasteiger partial charge in [0.1, 0.15) is 54.6 Å². The van der Waals surface area contributed by atoms with E-state index in [0.717, 1.165) is 76.2 Å². The number of hydrogen-bond donors (Lipinski definition) is 8. The average Bonchev–Trinajstić information content (AvgIpc) is 3.57. The predicted molar refractivity (Wildman–Crippen MR) is 218 cm³/mol. The normalized spacial score (nSPS) is 38.7. The molecule has 4 fully saturated rings. The zero-order valence-corrected chi connectivity index (χ0v) is 36.6. The minimum atomic E-state index is -5.60. The first-order valence-corrected chi connectivity index (χ1v) is 24.2. The lowest BCUT2D eigenvalue weighted by molar-refractivity contribution is -0.319. The van der Waals surface area contributed by atoms with Crippen LogP contribution >= 0.6 is 0 Å². The number of rotatable bonds is 20. The lowest BCUT2D eigenvalue weighted by Gasteiger charge is -2.54. The Labute approximate surface area is 367 Å². The first-order valence-electron chi connectivity index (χ1n) is 22.7. The van der Waals surface area contributed by atoms with Gasteiger partial charge in [-0.25, -0.2) is 0 Å². The summed E-state index contributed by atoms with van der Waals surface area (Å²) in [5.74, 6) is -3.24. The number of hydrogen-bond acceptors (Lipinski definition) is 13. The van der Waals surface area contributed by atoms with Crippen molar-refractivity contribution >= 4 is 10.8 Å². The van der Waals surface area contributed by atoms with Crippen LogP contribution in [0.15, 0.2) is 18.2 Å². The molecule has 0 bridgehead atoms. The molecule has 0 aromatic heterocycles. The summed E-state index contributed by atoms with van der Waals surface area (Å²) >= 11 is 0. The largest absolute Gasteiger partial charge is 0.462 e. The highest BCUT2D eigenvalue weighted by molar-refractivity contribution is 7.84. The lowest BCUT2D eigenvalue weighted by atomic mass is 9.52. The highest BCUT2D eigenvalue weighted by Gasteiger charge is 2.59. The molecule has 0 spiro atoms. The molecule has 2 heterocycles. The summed E-state index contributed by atoms with van der Waals surface area (Å²) in [7, 11) is -1.45. The Hall–Kier alpha value is -1.62. The summed E-state index contributed by atoms with van der Waals surface area (Å²) in [6, 6.07) is 5.80. The van der Waals surface area contributed by atoms with Crippen LogP contribution in [0.2, 0.25) is 0 Å². The van der Waals surface area contributed by atoms with Crippen molar-refractivity contribution in [2.24, 2.45) is 23.2 Å². The molecule has 1 aromatic rings. The smallest absolute Gasteiger partial charge is 0.453 e. The SMILES string of the molecule is C[C@]12CC[C@@H]3c4ccc(O[C@@H]5O[C@H](CO)[C@@H](O)[C@H](O)[C@H]5O)cc4C[C@@H](CCCCCCCCCS(=O)CCCC(F)(F)C(F)(F)F)[C@H]3[C@@H]1CC[C@@H]2O[C@@H]1O[C@H](CO)[C@@H](O)[C@H](O)[C@H]1O. The van der Waals surface area contributed by atoms with Crippen LogP contribution in [0.25, 0.3) is 0 Å². The quantitative estimate of drug-likeness (QED) is 0.0688. The average molecular weight is 931 g/mol. The zero-order chi connectivity index (χ0) is 45.9. The van der Waals surface area contributed by atoms with Gasteiger partial charge >= 0.3 is 12.1 Å². The molecule has 5 aliphatic rings. The van der Waals surface area contributed by atoms with Crippen molar-refractivity contribution in [1.29, 1.82) is 0 Å². The first kappa shape index (κ1) is 50.8. The number of alkyl halides is 5. The Morgan fingerprint density at radius 1 is 0.746 bits per heavy atom. The maximum Gasteiger partial charge on any atom is 0.453 e. The molecule has 63 heavy (non-hydrogen) atoms. The minimum Gasteiger partial charge on any atom is -0.462 e.